The van der Waals surface area contributed by atoms with Gasteiger partial charge in [0.2, 0.25) is 0 Å². The molecule has 0 aliphatic carbocycles. The Morgan fingerprint density at radius 2 is 0.790 bits per heavy atom. The zero-order valence-corrected chi connectivity index (χ0v) is 39.3. The Balaban J connectivity index is 0.00000490. The molecule has 2 aliphatic rings. The molecule has 0 unspecified atom stereocenters. The topological polar surface area (TPSA) is 143 Å². The molecular weight excluding hydrogens is 822 g/mol. The normalized spacial score (nSPS) is 12.6. The van der Waals surface area contributed by atoms with Crippen molar-refractivity contribution in [3.8, 4) is 51.3 Å². The second-order valence-corrected chi connectivity index (χ2v) is 19.2. The van der Waals surface area contributed by atoms with E-state index in [-0.39, 0.29) is 47.3 Å². The summed E-state index contributed by atoms with van der Waals surface area (Å²) in [6, 6.07) is 30.7. The van der Waals surface area contributed by atoms with Crippen molar-refractivity contribution in [3.63, 3.8) is 0 Å². The number of aromatic hydroxyl groups is 1. The van der Waals surface area contributed by atoms with E-state index in [9.17, 15) is 9.90 Å². The van der Waals surface area contributed by atoms with Crippen molar-refractivity contribution in [1.29, 1.82) is 0 Å². The number of phenols is 1. The summed E-state index contributed by atoms with van der Waals surface area (Å²) < 4.78 is 0. The van der Waals surface area contributed by atoms with Gasteiger partial charge in [-0.25, -0.2) is 9.97 Å². The van der Waals surface area contributed by atoms with E-state index in [1.54, 1.807) is 24.3 Å². The van der Waals surface area contributed by atoms with Crippen molar-refractivity contribution < 1.29 is 29.4 Å². The SMILES string of the molecule is CC(C)(C)c1ccc2c(c1)-c1nc-2nc2[n-]c(nc3nc(nc4[n-]c(n1)c1ccc(C(=O)c5ccc(O)cc5)cc41)-c1ccc(C(C)(C)C)cc1-3)c1ccc(C(C)(C)C)cc21.[Zn+2]. The van der Waals surface area contributed by atoms with E-state index in [2.05, 4.69) is 111 Å². The Morgan fingerprint density at radius 1 is 0.419 bits per heavy atom. The molecular formula is C51H44N8O2Zn. The van der Waals surface area contributed by atoms with Crippen LogP contribution >= 0.6 is 0 Å². The molecule has 10 nitrogen and oxygen atoms in total. The Kier molecular flexibility index (Phi) is 9.45. The number of ketones is 1. The molecule has 1 N–H and O–H groups in total. The molecule has 0 saturated carbocycles. The number of hydrogen-bond donors (Lipinski definition) is 1. The number of aromatic nitrogens is 8. The van der Waals surface area contributed by atoms with Crippen LogP contribution in [0.2, 0.25) is 0 Å². The summed E-state index contributed by atoms with van der Waals surface area (Å²) in [4.78, 5) is 55.0. The fraction of sp³-hybridized carbons (Fsp3) is 0.235. The quantitative estimate of drug-likeness (QED) is 0.132. The minimum atomic E-state index is -0.202. The van der Waals surface area contributed by atoms with Crippen LogP contribution in [-0.2, 0) is 35.7 Å². The average molecular weight is 866 g/mol. The van der Waals surface area contributed by atoms with Crippen molar-refractivity contribution in [2.75, 3.05) is 0 Å². The average Bonchev–Trinajstić information content (AvgIpc) is 3.94. The first-order valence-electron chi connectivity index (χ1n) is 20.5. The first-order chi connectivity index (χ1) is 28.9. The van der Waals surface area contributed by atoms with Gasteiger partial charge in [-0.2, -0.15) is 0 Å². The molecule has 10 rings (SSSR count). The molecule has 0 saturated heterocycles. The number of carbonyl (C=O) groups excluding carboxylic acids is 1. The first-order valence-corrected chi connectivity index (χ1v) is 20.5. The van der Waals surface area contributed by atoms with Gasteiger partial charge < -0.3 is 35.0 Å². The maximum absolute atomic E-state index is 13.8. The second kappa shape index (κ2) is 14.3. The molecule has 8 bridgehead atoms. The van der Waals surface area contributed by atoms with Crippen LogP contribution in [0.4, 0.5) is 0 Å². The zero-order chi connectivity index (χ0) is 42.7. The van der Waals surface area contributed by atoms with E-state index >= 15 is 0 Å². The van der Waals surface area contributed by atoms with Crippen LogP contribution in [0.1, 0.15) is 94.9 Å². The number of hydrogen-bond acceptors (Lipinski definition) is 8. The van der Waals surface area contributed by atoms with Crippen molar-refractivity contribution in [3.05, 3.63) is 125 Å². The molecule has 0 spiro atoms. The molecule has 0 fully saturated rings. The van der Waals surface area contributed by atoms with Gasteiger partial charge in [-0.1, -0.05) is 111 Å². The summed E-state index contributed by atoms with van der Waals surface area (Å²) in [5, 5.41) is 13.0. The third-order valence-electron chi connectivity index (χ3n) is 11.7. The van der Waals surface area contributed by atoms with Crippen molar-refractivity contribution in [2.45, 2.75) is 78.6 Å². The Labute approximate surface area is 372 Å². The van der Waals surface area contributed by atoms with Gasteiger partial charge in [-0.15, -0.1) is 0 Å². The number of nitrogens with zero attached hydrogens (tertiary/aromatic N) is 8. The van der Waals surface area contributed by atoms with Crippen LogP contribution < -0.4 is 9.97 Å². The van der Waals surface area contributed by atoms with Crippen LogP contribution in [0.15, 0.2) is 97.1 Å². The van der Waals surface area contributed by atoms with Gasteiger partial charge in [0.25, 0.3) is 0 Å². The van der Waals surface area contributed by atoms with E-state index in [4.69, 9.17) is 39.9 Å². The molecule has 5 heterocycles. The summed E-state index contributed by atoms with van der Waals surface area (Å²) in [6.07, 6.45) is 0. The second-order valence-electron chi connectivity index (χ2n) is 19.2. The van der Waals surface area contributed by atoms with Crippen LogP contribution in [0.25, 0.3) is 89.7 Å². The van der Waals surface area contributed by atoms with E-state index < -0.39 is 0 Å². The molecule has 62 heavy (non-hydrogen) atoms. The number of fused-ring (bicyclic) bond motifs is 20. The molecule has 3 aromatic heterocycles. The summed E-state index contributed by atoms with van der Waals surface area (Å²) in [5.74, 6) is 1.76. The van der Waals surface area contributed by atoms with Gasteiger partial charge in [0.15, 0.2) is 5.78 Å². The maximum Gasteiger partial charge on any atom is 2.00 e. The largest absolute Gasteiger partial charge is 2.00 e. The minimum Gasteiger partial charge on any atom is -0.508 e. The van der Waals surface area contributed by atoms with Crippen LogP contribution in [0.5, 0.6) is 5.75 Å². The smallest absolute Gasteiger partial charge is 0.508 e. The predicted molar refractivity (Wildman–Crippen MR) is 242 cm³/mol. The molecule has 2 aliphatic heterocycles. The van der Waals surface area contributed by atoms with Gasteiger partial charge in [-0.3, -0.25) is 4.79 Å². The fourth-order valence-electron chi connectivity index (χ4n) is 7.98. The standard InChI is InChI=1S/C51H45N8O2.Zn/c1-49(2,3)28-13-19-33-37(23-28)47-55-42(33)53-45-36-22-27(40(61)26-10-16-31(60)17-11-26)12-18-32(36)41(52-45)54-46-38-24-29(50(4,5)6)14-20-34(38)43(56-46)58-48-39-25-30(51(7,8)9)15-21-35(39)44(57-47)59-48;/h10-25H,1-9H3,(H2-,52,53,54,55,56,57,58,59,60,61);/q-1;+2/p-1. The van der Waals surface area contributed by atoms with Gasteiger partial charge in [0.05, 0.1) is 23.3 Å². The van der Waals surface area contributed by atoms with Crippen molar-refractivity contribution in [2.24, 2.45) is 0 Å². The Bertz CT molecular complexity index is 3320. The Hall–Kier alpha value is -6.45. The van der Waals surface area contributed by atoms with Crippen LogP contribution in [0, 0.1) is 0 Å². The molecule has 8 aromatic rings. The van der Waals surface area contributed by atoms with E-state index in [0.717, 1.165) is 49.7 Å². The number of benzene rings is 5. The molecule has 0 atom stereocenters. The van der Waals surface area contributed by atoms with Gasteiger partial charge in [-0.05, 0) is 103 Å². The van der Waals surface area contributed by atoms with Crippen molar-refractivity contribution >= 4 is 49.9 Å². The molecule has 0 amide bonds. The van der Waals surface area contributed by atoms with Crippen LogP contribution in [-0.4, -0.2) is 40.8 Å². The summed E-state index contributed by atoms with van der Waals surface area (Å²) in [5.41, 5.74) is 8.98. The molecule has 302 valence electrons. The zero-order valence-electron chi connectivity index (χ0n) is 36.4. The summed E-state index contributed by atoms with van der Waals surface area (Å²) >= 11 is 0. The third kappa shape index (κ3) is 6.98. The summed E-state index contributed by atoms with van der Waals surface area (Å²) in [7, 11) is 0. The monoisotopic (exact) mass is 864 g/mol. The minimum absolute atomic E-state index is 0. The number of carbonyl (C=O) groups is 1. The molecule has 11 heteroatoms. The van der Waals surface area contributed by atoms with E-state index in [1.165, 1.54) is 12.1 Å². The third-order valence-corrected chi connectivity index (χ3v) is 11.7. The number of phenolic OH excluding ortho intramolecular Hbond substituents is 1. The maximum atomic E-state index is 13.8. The first kappa shape index (κ1) is 40.9. The fourth-order valence-corrected chi connectivity index (χ4v) is 7.98. The van der Waals surface area contributed by atoms with Gasteiger partial charge in [0.1, 0.15) is 5.75 Å². The predicted octanol–water partition coefficient (Wildman–Crippen LogP) is 11.0. The molecule has 0 radical (unpaired) electrons. The van der Waals surface area contributed by atoms with Crippen molar-refractivity contribution in [1.82, 2.24) is 39.9 Å². The summed E-state index contributed by atoms with van der Waals surface area (Å²) in [6.45, 7) is 19.7. The number of rotatable bonds is 2. The van der Waals surface area contributed by atoms with Gasteiger partial charge in [0, 0.05) is 56.0 Å². The Morgan fingerprint density at radius 3 is 1.26 bits per heavy atom. The molecule has 5 aromatic carbocycles. The van der Waals surface area contributed by atoms with Gasteiger partial charge >= 0.3 is 19.5 Å². The van der Waals surface area contributed by atoms with Crippen LogP contribution in [0.3, 0.4) is 0 Å². The van der Waals surface area contributed by atoms with E-state index in [0.29, 0.717) is 67.8 Å². The van der Waals surface area contributed by atoms with E-state index in [1.807, 2.05) is 12.1 Å².